The summed E-state index contributed by atoms with van der Waals surface area (Å²) in [6, 6.07) is 8.22. The normalized spacial score (nSPS) is 20.9. The van der Waals surface area contributed by atoms with Crippen molar-refractivity contribution in [1.29, 1.82) is 0 Å². The third kappa shape index (κ3) is 3.80. The van der Waals surface area contributed by atoms with Gasteiger partial charge in [-0.2, -0.15) is 0 Å². The topological polar surface area (TPSA) is 52.6 Å². The van der Waals surface area contributed by atoms with Gasteiger partial charge in [0.1, 0.15) is 0 Å². The Morgan fingerprint density at radius 3 is 2.27 bits per heavy atom. The number of amides is 1. The number of carbonyl (C=O) groups is 1. The predicted molar refractivity (Wildman–Crippen MR) is 88.2 cm³/mol. The molecule has 1 aliphatic heterocycles. The van der Waals surface area contributed by atoms with Crippen LogP contribution in [0.5, 0.6) is 0 Å². The Morgan fingerprint density at radius 2 is 1.64 bits per heavy atom. The lowest BCUT2D eigenvalue weighted by molar-refractivity contribution is 0.0927. The first kappa shape index (κ1) is 15.3. The molecule has 4 nitrogen and oxygen atoms in total. The van der Waals surface area contributed by atoms with Gasteiger partial charge in [0.05, 0.1) is 6.10 Å². The highest BCUT2D eigenvalue weighted by molar-refractivity contribution is 5.94. The van der Waals surface area contributed by atoms with Gasteiger partial charge in [-0.15, -0.1) is 0 Å². The second-order valence-corrected chi connectivity index (χ2v) is 6.57. The van der Waals surface area contributed by atoms with E-state index in [4.69, 9.17) is 0 Å². The highest BCUT2D eigenvalue weighted by Crippen LogP contribution is 2.21. The number of nitrogens with zero attached hydrogens (tertiary/aromatic N) is 1. The summed E-state index contributed by atoms with van der Waals surface area (Å²) in [4.78, 5) is 14.6. The molecule has 1 saturated carbocycles. The molecule has 0 aromatic heterocycles. The number of hydrogen-bond donors (Lipinski definition) is 2. The van der Waals surface area contributed by atoms with E-state index in [9.17, 15) is 9.90 Å². The van der Waals surface area contributed by atoms with Gasteiger partial charge in [-0.1, -0.05) is 19.3 Å². The van der Waals surface area contributed by atoms with E-state index in [2.05, 4.69) is 10.2 Å². The predicted octanol–water partition coefficient (Wildman–Crippen LogP) is 2.71. The molecular formula is C18H26N2O2. The molecule has 0 bridgehead atoms. The van der Waals surface area contributed by atoms with E-state index >= 15 is 0 Å². The monoisotopic (exact) mass is 302 g/mol. The summed E-state index contributed by atoms with van der Waals surface area (Å²) in [5, 5.41) is 12.7. The molecule has 3 rings (SSSR count). The van der Waals surface area contributed by atoms with Crippen LogP contribution in [-0.2, 0) is 0 Å². The fourth-order valence-corrected chi connectivity index (χ4v) is 3.46. The number of carbonyl (C=O) groups excluding carboxylic acids is 1. The van der Waals surface area contributed by atoms with Crippen LogP contribution < -0.4 is 10.2 Å². The van der Waals surface area contributed by atoms with E-state index < -0.39 is 0 Å². The van der Waals surface area contributed by atoms with E-state index in [1.807, 2.05) is 24.3 Å². The van der Waals surface area contributed by atoms with E-state index in [0.29, 0.717) is 6.04 Å². The van der Waals surface area contributed by atoms with Crippen molar-refractivity contribution in [2.24, 2.45) is 0 Å². The van der Waals surface area contributed by atoms with Gasteiger partial charge in [-0.25, -0.2) is 0 Å². The Balaban J connectivity index is 1.57. The molecule has 22 heavy (non-hydrogen) atoms. The SMILES string of the molecule is O=C(NC1CCCCC1)c1ccc(N2CCC(O)CC2)cc1. The van der Waals surface area contributed by atoms with Crippen molar-refractivity contribution in [2.45, 2.75) is 57.1 Å². The summed E-state index contributed by atoms with van der Waals surface area (Å²) < 4.78 is 0. The molecule has 1 heterocycles. The third-order valence-corrected chi connectivity index (χ3v) is 4.90. The van der Waals surface area contributed by atoms with Gasteiger partial charge >= 0.3 is 0 Å². The minimum absolute atomic E-state index is 0.0486. The standard InChI is InChI=1S/C18H26N2O2/c21-17-10-12-20(13-11-17)16-8-6-14(7-9-16)18(22)19-15-4-2-1-3-5-15/h6-9,15,17,21H,1-5,10-13H2,(H,19,22). The zero-order valence-electron chi connectivity index (χ0n) is 13.1. The van der Waals surface area contributed by atoms with Gasteiger partial charge in [0, 0.05) is 30.4 Å². The number of hydrogen-bond acceptors (Lipinski definition) is 3. The summed E-state index contributed by atoms with van der Waals surface area (Å²) in [5.41, 5.74) is 1.88. The second-order valence-electron chi connectivity index (χ2n) is 6.57. The Morgan fingerprint density at radius 1 is 1.00 bits per heavy atom. The maximum atomic E-state index is 12.3. The minimum atomic E-state index is -0.156. The van der Waals surface area contributed by atoms with Gasteiger partial charge in [-0.3, -0.25) is 4.79 Å². The van der Waals surface area contributed by atoms with Crippen molar-refractivity contribution in [3.8, 4) is 0 Å². The largest absolute Gasteiger partial charge is 0.393 e. The van der Waals surface area contributed by atoms with Gasteiger partial charge in [0.25, 0.3) is 5.91 Å². The number of benzene rings is 1. The Labute approximate surface area is 132 Å². The molecule has 0 unspecified atom stereocenters. The summed E-state index contributed by atoms with van der Waals surface area (Å²) in [6.45, 7) is 1.77. The Bertz CT molecular complexity index is 486. The number of aliphatic hydroxyl groups excluding tert-OH is 1. The van der Waals surface area contributed by atoms with Gasteiger partial charge in [0.15, 0.2) is 0 Å². The first-order valence-electron chi connectivity index (χ1n) is 8.56. The van der Waals surface area contributed by atoms with Crippen LogP contribution in [-0.4, -0.2) is 36.2 Å². The maximum Gasteiger partial charge on any atom is 0.251 e. The molecule has 2 fully saturated rings. The number of aliphatic hydroxyl groups is 1. The number of rotatable bonds is 3. The molecule has 0 spiro atoms. The van der Waals surface area contributed by atoms with Crippen LogP contribution in [0.15, 0.2) is 24.3 Å². The average molecular weight is 302 g/mol. The third-order valence-electron chi connectivity index (χ3n) is 4.90. The molecule has 1 amide bonds. The summed E-state index contributed by atoms with van der Waals surface area (Å²) in [5.74, 6) is 0.0486. The van der Waals surface area contributed by atoms with Crippen molar-refractivity contribution in [3.63, 3.8) is 0 Å². The maximum absolute atomic E-state index is 12.3. The molecule has 1 saturated heterocycles. The van der Waals surface area contributed by atoms with Crippen LogP contribution in [0.3, 0.4) is 0 Å². The lowest BCUT2D eigenvalue weighted by atomic mass is 9.95. The number of nitrogens with one attached hydrogen (secondary N) is 1. The van der Waals surface area contributed by atoms with Crippen LogP contribution in [0, 0.1) is 0 Å². The fraction of sp³-hybridized carbons (Fsp3) is 0.611. The highest BCUT2D eigenvalue weighted by Gasteiger charge is 2.19. The second kappa shape index (κ2) is 7.14. The van der Waals surface area contributed by atoms with Gasteiger partial charge < -0.3 is 15.3 Å². The van der Waals surface area contributed by atoms with Gasteiger partial charge in [0.2, 0.25) is 0 Å². The van der Waals surface area contributed by atoms with E-state index in [1.54, 1.807) is 0 Å². The van der Waals surface area contributed by atoms with Crippen LogP contribution in [0.25, 0.3) is 0 Å². The lowest BCUT2D eigenvalue weighted by Crippen LogP contribution is -2.36. The molecule has 2 aliphatic rings. The first-order chi connectivity index (χ1) is 10.7. The average Bonchev–Trinajstić information content (AvgIpc) is 2.57. The number of anilines is 1. The summed E-state index contributed by atoms with van der Waals surface area (Å²) >= 11 is 0. The zero-order chi connectivity index (χ0) is 15.4. The van der Waals surface area contributed by atoms with Crippen molar-refractivity contribution in [2.75, 3.05) is 18.0 Å². The molecular weight excluding hydrogens is 276 g/mol. The van der Waals surface area contributed by atoms with Crippen molar-refractivity contribution in [1.82, 2.24) is 5.32 Å². The summed E-state index contributed by atoms with van der Waals surface area (Å²) in [6.07, 6.45) is 7.46. The fourth-order valence-electron chi connectivity index (χ4n) is 3.46. The zero-order valence-corrected chi connectivity index (χ0v) is 13.1. The molecule has 0 atom stereocenters. The Hall–Kier alpha value is -1.55. The molecule has 120 valence electrons. The molecule has 2 N–H and O–H groups in total. The quantitative estimate of drug-likeness (QED) is 0.902. The first-order valence-corrected chi connectivity index (χ1v) is 8.56. The van der Waals surface area contributed by atoms with E-state index in [-0.39, 0.29) is 12.0 Å². The lowest BCUT2D eigenvalue weighted by Gasteiger charge is -2.31. The molecule has 4 heteroatoms. The smallest absolute Gasteiger partial charge is 0.251 e. The van der Waals surface area contributed by atoms with Crippen LogP contribution in [0.1, 0.15) is 55.3 Å². The van der Waals surface area contributed by atoms with E-state index in [1.165, 1.54) is 19.3 Å². The van der Waals surface area contributed by atoms with Crippen LogP contribution in [0.2, 0.25) is 0 Å². The number of piperidine rings is 1. The van der Waals surface area contributed by atoms with Crippen LogP contribution in [0.4, 0.5) is 5.69 Å². The molecule has 1 aromatic rings. The van der Waals surface area contributed by atoms with Crippen LogP contribution >= 0.6 is 0 Å². The molecule has 1 aliphatic carbocycles. The molecule has 1 aromatic carbocycles. The minimum Gasteiger partial charge on any atom is -0.393 e. The highest BCUT2D eigenvalue weighted by atomic mass is 16.3. The van der Waals surface area contributed by atoms with Crippen molar-refractivity contribution in [3.05, 3.63) is 29.8 Å². The van der Waals surface area contributed by atoms with Crippen molar-refractivity contribution < 1.29 is 9.90 Å². The Kier molecular flexibility index (Phi) is 4.98. The van der Waals surface area contributed by atoms with Gasteiger partial charge in [-0.05, 0) is 49.9 Å². The van der Waals surface area contributed by atoms with E-state index in [0.717, 1.165) is 50.0 Å². The van der Waals surface area contributed by atoms with Crippen molar-refractivity contribution >= 4 is 11.6 Å². The molecule has 0 radical (unpaired) electrons. The summed E-state index contributed by atoms with van der Waals surface area (Å²) in [7, 11) is 0.